The van der Waals surface area contributed by atoms with Crippen molar-refractivity contribution in [2.24, 2.45) is 0 Å². The van der Waals surface area contributed by atoms with Crippen LogP contribution in [0.5, 0.6) is 11.5 Å². The van der Waals surface area contributed by atoms with E-state index in [1.54, 1.807) is 65.5 Å². The molecule has 1 aromatic carbocycles. The van der Waals surface area contributed by atoms with Gasteiger partial charge in [0.1, 0.15) is 11.5 Å². The van der Waals surface area contributed by atoms with Crippen LogP contribution in [-0.4, -0.2) is 51.0 Å². The predicted octanol–water partition coefficient (Wildman–Crippen LogP) is 2.91. The minimum absolute atomic E-state index is 0.0268. The van der Waals surface area contributed by atoms with E-state index < -0.39 is 5.97 Å². The maximum absolute atomic E-state index is 12.7. The monoisotopic (exact) mass is 358 g/mol. The first-order valence-corrected chi connectivity index (χ1v) is 9.07. The highest BCUT2D eigenvalue weighted by atomic mass is 32.2. The number of carboxylic acid groups (broad SMARTS) is 1. The number of hydrogen-bond donors (Lipinski definition) is 1. The molecule has 0 saturated carbocycles. The molecule has 1 N–H and O–H groups in total. The van der Waals surface area contributed by atoms with Gasteiger partial charge in [0.05, 0.1) is 18.7 Å². The first-order chi connectivity index (χ1) is 12.1. The first-order valence-electron chi connectivity index (χ1n) is 7.92. The Labute approximate surface area is 149 Å². The van der Waals surface area contributed by atoms with Gasteiger partial charge in [-0.05, 0) is 36.4 Å². The van der Waals surface area contributed by atoms with E-state index in [1.807, 2.05) is 0 Å². The van der Waals surface area contributed by atoms with Crippen LogP contribution < -0.4 is 4.74 Å². The zero-order valence-corrected chi connectivity index (χ0v) is 14.3. The van der Waals surface area contributed by atoms with E-state index in [-0.39, 0.29) is 18.4 Å². The number of carboxylic acids is 1. The van der Waals surface area contributed by atoms with E-state index in [0.717, 1.165) is 5.75 Å². The van der Waals surface area contributed by atoms with Crippen LogP contribution >= 0.6 is 11.8 Å². The molecule has 1 saturated heterocycles. The second-order valence-corrected chi connectivity index (χ2v) is 6.79. The van der Waals surface area contributed by atoms with Crippen molar-refractivity contribution in [1.82, 2.24) is 9.88 Å². The van der Waals surface area contributed by atoms with Crippen molar-refractivity contribution in [3.63, 3.8) is 0 Å². The van der Waals surface area contributed by atoms with Gasteiger partial charge >= 0.3 is 5.97 Å². The number of nitrogens with zero attached hydrogens (tertiary/aromatic N) is 2. The minimum atomic E-state index is -0.884. The molecule has 0 radical (unpaired) electrons. The molecule has 2 heterocycles. The van der Waals surface area contributed by atoms with Gasteiger partial charge in [0, 0.05) is 29.8 Å². The summed E-state index contributed by atoms with van der Waals surface area (Å²) in [5.74, 6) is 1.69. The highest BCUT2D eigenvalue weighted by molar-refractivity contribution is 7.99. The van der Waals surface area contributed by atoms with Gasteiger partial charge in [-0.25, -0.2) is 0 Å². The summed E-state index contributed by atoms with van der Waals surface area (Å²) in [6.45, 7) is 0.565. The maximum atomic E-state index is 12.7. The fraction of sp³-hybridized carbons (Fsp3) is 0.278. The smallest absolute Gasteiger partial charge is 0.305 e. The van der Waals surface area contributed by atoms with Gasteiger partial charge in [-0.2, -0.15) is 11.8 Å². The Hall–Kier alpha value is -2.54. The Morgan fingerprint density at radius 2 is 2.04 bits per heavy atom. The zero-order chi connectivity index (χ0) is 17.6. The average molecular weight is 358 g/mol. The minimum Gasteiger partial charge on any atom is -0.481 e. The number of carbonyl (C=O) groups excluding carboxylic acids is 1. The Kier molecular flexibility index (Phi) is 5.55. The molecule has 2 aromatic rings. The van der Waals surface area contributed by atoms with Crippen LogP contribution in [0.15, 0.2) is 48.8 Å². The van der Waals surface area contributed by atoms with Gasteiger partial charge in [-0.3, -0.25) is 14.6 Å². The number of pyridine rings is 1. The Morgan fingerprint density at radius 1 is 1.24 bits per heavy atom. The van der Waals surface area contributed by atoms with Crippen LogP contribution in [0.3, 0.4) is 0 Å². The fourth-order valence-electron chi connectivity index (χ4n) is 2.67. The van der Waals surface area contributed by atoms with E-state index >= 15 is 0 Å². The van der Waals surface area contributed by atoms with E-state index in [2.05, 4.69) is 4.98 Å². The van der Waals surface area contributed by atoms with Gasteiger partial charge < -0.3 is 14.7 Å². The van der Waals surface area contributed by atoms with Crippen LogP contribution in [0.4, 0.5) is 0 Å². The standard InChI is InChI=1S/C18H18N2O4S/c21-17(22)10-14-12-25-9-8-20(14)18(23)13-3-5-15(6-4-13)24-16-2-1-7-19-11-16/h1-7,11,14H,8-10,12H2,(H,21,22). The van der Waals surface area contributed by atoms with Crippen molar-refractivity contribution < 1.29 is 19.4 Å². The van der Waals surface area contributed by atoms with E-state index in [0.29, 0.717) is 29.4 Å². The number of carbonyl (C=O) groups is 2. The summed E-state index contributed by atoms with van der Waals surface area (Å²) in [6.07, 6.45) is 3.25. The summed E-state index contributed by atoms with van der Waals surface area (Å²) in [6, 6.07) is 10.2. The number of hydrogen-bond acceptors (Lipinski definition) is 5. The third-order valence-corrected chi connectivity index (χ3v) is 4.96. The molecule has 1 amide bonds. The van der Waals surface area contributed by atoms with E-state index in [9.17, 15) is 9.59 Å². The Morgan fingerprint density at radius 3 is 2.72 bits per heavy atom. The third-order valence-electron chi connectivity index (χ3n) is 3.87. The Bertz CT molecular complexity index is 737. The van der Waals surface area contributed by atoms with Gasteiger partial charge in [0.25, 0.3) is 5.91 Å². The van der Waals surface area contributed by atoms with Gasteiger partial charge in [0.15, 0.2) is 0 Å². The molecule has 0 aliphatic carbocycles. The highest BCUT2D eigenvalue weighted by Gasteiger charge is 2.29. The first kappa shape index (κ1) is 17.3. The summed E-state index contributed by atoms with van der Waals surface area (Å²) in [7, 11) is 0. The van der Waals surface area contributed by atoms with Crippen molar-refractivity contribution in [3.05, 3.63) is 54.4 Å². The summed E-state index contributed by atoms with van der Waals surface area (Å²) in [5, 5.41) is 9.04. The lowest BCUT2D eigenvalue weighted by Gasteiger charge is -2.34. The Balaban J connectivity index is 1.70. The van der Waals surface area contributed by atoms with Crippen molar-refractivity contribution in [3.8, 4) is 11.5 Å². The fourth-order valence-corrected chi connectivity index (χ4v) is 3.73. The summed E-state index contributed by atoms with van der Waals surface area (Å²) >= 11 is 1.68. The van der Waals surface area contributed by atoms with Crippen LogP contribution in [0, 0.1) is 0 Å². The van der Waals surface area contributed by atoms with Crippen LogP contribution in [-0.2, 0) is 4.79 Å². The zero-order valence-electron chi connectivity index (χ0n) is 13.5. The molecular weight excluding hydrogens is 340 g/mol. The highest BCUT2D eigenvalue weighted by Crippen LogP contribution is 2.24. The molecule has 6 nitrogen and oxygen atoms in total. The molecule has 0 bridgehead atoms. The van der Waals surface area contributed by atoms with Crippen LogP contribution in [0.25, 0.3) is 0 Å². The summed E-state index contributed by atoms with van der Waals surface area (Å²) < 4.78 is 5.66. The second kappa shape index (κ2) is 8.02. The molecule has 1 aliphatic rings. The third kappa shape index (κ3) is 4.51. The number of ether oxygens (including phenoxy) is 1. The molecule has 25 heavy (non-hydrogen) atoms. The molecule has 0 spiro atoms. The summed E-state index contributed by atoms with van der Waals surface area (Å²) in [4.78, 5) is 29.4. The average Bonchev–Trinajstić information content (AvgIpc) is 2.63. The molecule has 130 valence electrons. The molecule has 3 rings (SSSR count). The van der Waals surface area contributed by atoms with E-state index in [4.69, 9.17) is 9.84 Å². The van der Waals surface area contributed by atoms with Crippen molar-refractivity contribution in [1.29, 1.82) is 0 Å². The second-order valence-electron chi connectivity index (χ2n) is 5.64. The number of aliphatic carboxylic acids is 1. The predicted molar refractivity (Wildman–Crippen MR) is 95.2 cm³/mol. The lowest BCUT2D eigenvalue weighted by atomic mass is 10.1. The molecule has 7 heteroatoms. The van der Waals surface area contributed by atoms with Crippen molar-refractivity contribution >= 4 is 23.6 Å². The molecule has 1 fully saturated rings. The van der Waals surface area contributed by atoms with Crippen LogP contribution in [0.1, 0.15) is 16.8 Å². The van der Waals surface area contributed by atoms with Gasteiger partial charge in [-0.15, -0.1) is 0 Å². The quantitative estimate of drug-likeness (QED) is 0.885. The van der Waals surface area contributed by atoms with Crippen molar-refractivity contribution in [2.75, 3.05) is 18.1 Å². The maximum Gasteiger partial charge on any atom is 0.305 e. The SMILES string of the molecule is O=C(O)CC1CSCCN1C(=O)c1ccc(Oc2cccnc2)cc1. The number of thioether (sulfide) groups is 1. The number of amides is 1. The summed E-state index contributed by atoms with van der Waals surface area (Å²) in [5.41, 5.74) is 0.529. The lowest BCUT2D eigenvalue weighted by molar-refractivity contribution is -0.138. The largest absolute Gasteiger partial charge is 0.481 e. The molecule has 1 aliphatic heterocycles. The van der Waals surface area contributed by atoms with Crippen LogP contribution in [0.2, 0.25) is 0 Å². The molecular formula is C18H18N2O4S. The molecule has 1 atom stereocenters. The number of aromatic nitrogens is 1. The van der Waals surface area contributed by atoms with Gasteiger partial charge in [0.2, 0.25) is 0 Å². The topological polar surface area (TPSA) is 79.7 Å². The normalized spacial score (nSPS) is 17.1. The lowest BCUT2D eigenvalue weighted by Crippen LogP contribution is -2.47. The number of benzene rings is 1. The van der Waals surface area contributed by atoms with Crippen molar-refractivity contribution in [2.45, 2.75) is 12.5 Å². The number of rotatable bonds is 5. The molecule has 1 unspecified atom stereocenters. The van der Waals surface area contributed by atoms with E-state index in [1.165, 1.54) is 0 Å². The molecule has 1 aromatic heterocycles. The van der Waals surface area contributed by atoms with Gasteiger partial charge in [-0.1, -0.05) is 0 Å².